The monoisotopic (exact) mass is 582 g/mol. The lowest BCUT2D eigenvalue weighted by atomic mass is 10.2. The van der Waals surface area contributed by atoms with Gasteiger partial charge in [0.25, 0.3) is 10.0 Å². The van der Waals surface area contributed by atoms with Crippen LogP contribution >= 0.6 is 30.5 Å². The molecule has 1 aliphatic heterocycles. The number of sulfonamides is 1. The third kappa shape index (κ3) is 5.82. The van der Waals surface area contributed by atoms with Crippen molar-refractivity contribution < 1.29 is 17.7 Å². The molecule has 4 aromatic rings. The molecule has 0 saturated carbocycles. The van der Waals surface area contributed by atoms with Gasteiger partial charge in [0.1, 0.15) is 16.4 Å². The van der Waals surface area contributed by atoms with Crippen molar-refractivity contribution in [3.8, 4) is 0 Å². The fourth-order valence-electron chi connectivity index (χ4n) is 3.82. The van der Waals surface area contributed by atoms with Crippen molar-refractivity contribution in [3.63, 3.8) is 0 Å². The summed E-state index contributed by atoms with van der Waals surface area (Å²) in [6, 6.07) is 29.4. The van der Waals surface area contributed by atoms with Gasteiger partial charge >= 0.3 is 0 Å². The van der Waals surface area contributed by atoms with Crippen molar-refractivity contribution >= 4 is 63.4 Å². The van der Waals surface area contributed by atoms with Crippen molar-refractivity contribution in [2.75, 3.05) is 9.81 Å². The lowest BCUT2D eigenvalue weighted by Crippen LogP contribution is -2.14. The first-order chi connectivity index (χ1) is 18.2. The zero-order valence-electron chi connectivity index (χ0n) is 19.7. The van der Waals surface area contributed by atoms with Crippen LogP contribution in [-0.4, -0.2) is 8.42 Å². The highest BCUT2D eigenvalue weighted by Crippen LogP contribution is 2.56. The van der Waals surface area contributed by atoms with Crippen LogP contribution in [0.2, 0.25) is 10.0 Å². The molecular formula is C28H21Cl2N2O4PS. The van der Waals surface area contributed by atoms with Crippen molar-refractivity contribution in [2.45, 2.75) is 4.90 Å². The number of rotatable bonds is 7. The average Bonchev–Trinajstić information content (AvgIpc) is 2.91. The topological polar surface area (TPSA) is 84.5 Å². The third-order valence-corrected chi connectivity index (χ3v) is 9.62. The van der Waals surface area contributed by atoms with Crippen LogP contribution in [0.4, 0.5) is 11.4 Å². The van der Waals surface area contributed by atoms with E-state index < -0.39 is 17.3 Å². The van der Waals surface area contributed by atoms with E-state index in [1.807, 2.05) is 60.7 Å². The van der Waals surface area contributed by atoms with Gasteiger partial charge in [-0.2, -0.15) is 0 Å². The summed E-state index contributed by atoms with van der Waals surface area (Å²) in [5.74, 6) is 3.90. The molecule has 4 aromatic carbocycles. The molecule has 6 nitrogen and oxygen atoms in total. The first-order valence-electron chi connectivity index (χ1n) is 11.4. The molecule has 0 atom stereocenters. The Bertz CT molecular complexity index is 1650. The molecule has 1 heterocycles. The largest absolute Gasteiger partial charge is 0.456 e. The molecule has 192 valence electrons. The zero-order chi connectivity index (χ0) is 26.8. The van der Waals surface area contributed by atoms with Gasteiger partial charge in [0.2, 0.25) is 7.29 Å². The third-order valence-electron chi connectivity index (χ3n) is 5.60. The molecule has 38 heavy (non-hydrogen) atoms. The van der Waals surface area contributed by atoms with Crippen molar-refractivity contribution in [1.82, 2.24) is 0 Å². The molecular weight excluding hydrogens is 562 g/mol. The number of nitrogens with one attached hydrogen (secondary N) is 2. The van der Waals surface area contributed by atoms with E-state index in [1.54, 1.807) is 30.3 Å². The molecule has 0 spiro atoms. The number of halogens is 2. The second-order valence-corrected chi connectivity index (χ2v) is 13.0. The first-order valence-corrected chi connectivity index (χ1v) is 15.5. The summed E-state index contributed by atoms with van der Waals surface area (Å²) in [7, 11) is -7.53. The quantitative estimate of drug-likeness (QED) is 0.213. The van der Waals surface area contributed by atoms with Crippen molar-refractivity contribution in [3.05, 3.63) is 136 Å². The van der Waals surface area contributed by atoms with E-state index in [1.165, 1.54) is 23.8 Å². The molecule has 0 amide bonds. The Balaban J connectivity index is 1.52. The summed E-state index contributed by atoms with van der Waals surface area (Å²) in [5.41, 5.74) is 2.01. The van der Waals surface area contributed by atoms with Crippen LogP contribution in [0.5, 0.6) is 0 Å². The maximum absolute atomic E-state index is 14.2. The molecule has 0 saturated heterocycles. The lowest BCUT2D eigenvalue weighted by Gasteiger charge is -2.24. The minimum atomic E-state index is -4.11. The fraction of sp³-hybridized carbons (Fsp3) is 0. The summed E-state index contributed by atoms with van der Waals surface area (Å²) in [4.78, 5) is -0.191. The minimum absolute atomic E-state index is 0.00129. The highest BCUT2D eigenvalue weighted by atomic mass is 35.5. The predicted octanol–water partition coefficient (Wildman–Crippen LogP) is 8.51. The van der Waals surface area contributed by atoms with E-state index in [2.05, 4.69) is 9.81 Å². The number of hydrogen-bond acceptors (Lipinski definition) is 4. The molecule has 0 fully saturated rings. The smallest absolute Gasteiger partial charge is 0.263 e. The Morgan fingerprint density at radius 3 is 1.82 bits per heavy atom. The Morgan fingerprint density at radius 1 is 0.684 bits per heavy atom. The summed E-state index contributed by atoms with van der Waals surface area (Å²) < 4.78 is 49.1. The zero-order valence-corrected chi connectivity index (χ0v) is 22.9. The van der Waals surface area contributed by atoms with Gasteiger partial charge < -0.3 is 9.82 Å². The van der Waals surface area contributed by atoms with Gasteiger partial charge in [-0.25, -0.2) is 8.42 Å². The summed E-state index contributed by atoms with van der Waals surface area (Å²) in [6.07, 6.45) is 0. The van der Waals surface area contributed by atoms with E-state index in [0.717, 1.165) is 11.1 Å². The standard InChI is InChI=1S/C28H21Cl2N2O4PS/c29-23-13-7-8-14-25(23)32-38(34,35)28-17-22(15-16-24(28)30)31-37(33)18-26(20-9-3-1-4-10-20)36-27(19-37)21-11-5-2-6-12-21/h1-19,32H,(H,31,33). The van der Waals surface area contributed by atoms with Crippen molar-refractivity contribution in [1.29, 1.82) is 0 Å². The van der Waals surface area contributed by atoms with Crippen LogP contribution in [0.3, 0.4) is 0 Å². The molecule has 0 radical (unpaired) electrons. The molecule has 0 aliphatic carbocycles. The SMILES string of the molecule is O=P1(Nc2ccc(Cl)c(S(=O)(=O)Nc3ccccc3Cl)c2)C=C(c2ccccc2)OC(c2ccccc2)=C1. The molecule has 10 heteroatoms. The van der Waals surface area contributed by atoms with Gasteiger partial charge in [-0.15, -0.1) is 0 Å². The molecule has 0 unspecified atom stereocenters. The Labute approximate surface area is 231 Å². The molecule has 2 N–H and O–H groups in total. The number of ether oxygens (including phenoxy) is 1. The van der Waals surface area contributed by atoms with E-state index in [-0.39, 0.29) is 20.6 Å². The maximum Gasteiger partial charge on any atom is 0.263 e. The molecule has 0 bridgehead atoms. The van der Waals surface area contributed by atoms with Gasteiger partial charge in [-0.1, -0.05) is 96.0 Å². The minimum Gasteiger partial charge on any atom is -0.456 e. The van der Waals surface area contributed by atoms with Gasteiger partial charge in [-0.05, 0) is 30.3 Å². The van der Waals surface area contributed by atoms with E-state index >= 15 is 0 Å². The van der Waals surface area contributed by atoms with E-state index in [9.17, 15) is 13.0 Å². The molecule has 5 rings (SSSR count). The summed E-state index contributed by atoms with van der Waals surface area (Å²) in [6.45, 7) is 0. The van der Waals surface area contributed by atoms with Gasteiger partial charge in [0, 0.05) is 28.4 Å². The Morgan fingerprint density at radius 2 is 1.24 bits per heavy atom. The number of benzene rings is 4. The average molecular weight is 583 g/mol. The van der Waals surface area contributed by atoms with Gasteiger partial charge in [0.05, 0.1) is 15.7 Å². The first kappa shape index (κ1) is 26.1. The maximum atomic E-state index is 14.2. The van der Waals surface area contributed by atoms with Gasteiger partial charge in [0.15, 0.2) is 0 Å². The highest BCUT2D eigenvalue weighted by Gasteiger charge is 2.28. The molecule has 0 aromatic heterocycles. The van der Waals surface area contributed by atoms with Gasteiger partial charge in [-0.3, -0.25) is 9.29 Å². The lowest BCUT2D eigenvalue weighted by molar-refractivity contribution is 0.469. The number of anilines is 2. The molecule has 1 aliphatic rings. The second-order valence-electron chi connectivity index (χ2n) is 8.37. The summed E-state index contributed by atoms with van der Waals surface area (Å²) >= 11 is 12.4. The normalized spacial score (nSPS) is 14.6. The Hall–Kier alpha value is -3.48. The van der Waals surface area contributed by atoms with E-state index in [0.29, 0.717) is 17.2 Å². The number of hydrogen-bond donors (Lipinski definition) is 2. The number of para-hydroxylation sites is 1. The highest BCUT2D eigenvalue weighted by molar-refractivity contribution is 7.92. The second kappa shape index (κ2) is 10.7. The predicted molar refractivity (Wildman–Crippen MR) is 155 cm³/mol. The van der Waals surface area contributed by atoms with Crippen LogP contribution in [0.1, 0.15) is 11.1 Å². The fourth-order valence-corrected chi connectivity index (χ4v) is 7.51. The van der Waals surface area contributed by atoms with Crippen LogP contribution in [0.25, 0.3) is 11.5 Å². The van der Waals surface area contributed by atoms with Crippen molar-refractivity contribution in [2.24, 2.45) is 0 Å². The van der Waals surface area contributed by atoms with E-state index in [4.69, 9.17) is 27.9 Å². The van der Waals surface area contributed by atoms with Crippen LogP contribution < -0.4 is 9.81 Å². The van der Waals surface area contributed by atoms with Crippen LogP contribution in [0, 0.1) is 0 Å². The summed E-state index contributed by atoms with van der Waals surface area (Å²) in [5, 5.41) is 3.26. The van der Waals surface area contributed by atoms with Crippen LogP contribution in [-0.2, 0) is 19.3 Å². The Kier molecular flexibility index (Phi) is 7.37. The van der Waals surface area contributed by atoms with Crippen LogP contribution in [0.15, 0.2) is 120 Å².